The minimum absolute atomic E-state index is 0.0152. The van der Waals surface area contributed by atoms with Crippen LogP contribution in [0.25, 0.3) is 0 Å². The van der Waals surface area contributed by atoms with Crippen LogP contribution in [-0.4, -0.2) is 82.8 Å². The minimum Gasteiger partial charge on any atom is -0.465 e. The van der Waals surface area contributed by atoms with Gasteiger partial charge in [-0.3, -0.25) is 14.4 Å². The van der Waals surface area contributed by atoms with Gasteiger partial charge in [-0.2, -0.15) is 0 Å². The number of hydrogen-bond donors (Lipinski definition) is 1. The normalized spacial score (nSPS) is 30.2. The molecule has 190 valence electrons. The zero-order chi connectivity index (χ0) is 24.9. The summed E-state index contributed by atoms with van der Waals surface area (Å²) in [6.45, 7) is 12.5. The Kier molecular flexibility index (Phi) is 8.93. The lowest BCUT2D eigenvalue weighted by Crippen LogP contribution is -2.57. The Morgan fingerprint density at radius 3 is 2.76 bits per heavy atom. The zero-order valence-corrected chi connectivity index (χ0v) is 20.6. The number of amides is 2. The van der Waals surface area contributed by atoms with Crippen molar-refractivity contribution in [1.82, 2.24) is 9.80 Å². The summed E-state index contributed by atoms with van der Waals surface area (Å²) in [5.41, 5.74) is -1.02. The van der Waals surface area contributed by atoms with E-state index < -0.39 is 35.6 Å². The first-order valence-corrected chi connectivity index (χ1v) is 12.7. The molecule has 3 saturated heterocycles. The van der Waals surface area contributed by atoms with E-state index in [0.717, 1.165) is 12.8 Å². The number of rotatable bonds is 14. The lowest BCUT2D eigenvalue weighted by atomic mass is 9.70. The molecule has 3 aliphatic rings. The Morgan fingerprint density at radius 2 is 2.12 bits per heavy atom. The predicted molar refractivity (Wildman–Crippen MR) is 128 cm³/mol. The number of aliphatic hydroxyl groups is 1. The highest BCUT2D eigenvalue weighted by molar-refractivity contribution is 5.98. The Balaban J connectivity index is 1.95. The fourth-order valence-corrected chi connectivity index (χ4v) is 6.03. The van der Waals surface area contributed by atoms with Gasteiger partial charge in [-0.1, -0.05) is 25.5 Å². The minimum atomic E-state index is -1.02. The molecular weight excluding hydrogens is 436 g/mol. The van der Waals surface area contributed by atoms with Crippen LogP contribution in [0.5, 0.6) is 0 Å². The monoisotopic (exact) mass is 476 g/mol. The summed E-state index contributed by atoms with van der Waals surface area (Å²) in [4.78, 5) is 44.3. The van der Waals surface area contributed by atoms with E-state index in [-0.39, 0.29) is 31.1 Å². The molecule has 3 unspecified atom stereocenters. The summed E-state index contributed by atoms with van der Waals surface area (Å²) >= 11 is 0. The van der Waals surface area contributed by atoms with Crippen LogP contribution in [0.1, 0.15) is 58.8 Å². The standard InChI is InChI=1S/C26H40N2O6/c1-5-8-17-33-25(32)20-19-12-13-26(34-19)21(20)23(30)28(15-9-10-16-29)22(26)24(31)27(14-7-3)18(4)11-6-2/h5,7,18-22,29H,1,3,6,8-17H2,2,4H3/t18?,19-,20+,21+,22?,26?/m1/s1. The summed E-state index contributed by atoms with van der Waals surface area (Å²) < 4.78 is 11.9. The van der Waals surface area contributed by atoms with Gasteiger partial charge in [0.25, 0.3) is 0 Å². The van der Waals surface area contributed by atoms with Gasteiger partial charge in [-0.15, -0.1) is 13.2 Å². The quantitative estimate of drug-likeness (QED) is 0.235. The first-order valence-electron chi connectivity index (χ1n) is 12.7. The molecule has 0 aromatic carbocycles. The van der Waals surface area contributed by atoms with Crippen molar-refractivity contribution in [2.24, 2.45) is 11.8 Å². The molecule has 8 nitrogen and oxygen atoms in total. The molecule has 0 radical (unpaired) electrons. The van der Waals surface area contributed by atoms with Crippen LogP contribution >= 0.6 is 0 Å². The number of carbonyl (C=O) groups excluding carboxylic acids is 3. The molecular formula is C26H40N2O6. The van der Waals surface area contributed by atoms with E-state index in [9.17, 15) is 19.5 Å². The first-order chi connectivity index (χ1) is 16.4. The van der Waals surface area contributed by atoms with E-state index >= 15 is 0 Å². The van der Waals surface area contributed by atoms with Crippen molar-refractivity contribution in [1.29, 1.82) is 0 Å². The van der Waals surface area contributed by atoms with Crippen molar-refractivity contribution in [2.75, 3.05) is 26.3 Å². The molecule has 3 aliphatic heterocycles. The second-order valence-corrected chi connectivity index (χ2v) is 9.68. The zero-order valence-electron chi connectivity index (χ0n) is 20.6. The van der Waals surface area contributed by atoms with Crippen LogP contribution < -0.4 is 0 Å². The molecule has 2 amide bonds. The number of aliphatic hydroxyl groups excluding tert-OH is 1. The van der Waals surface area contributed by atoms with Gasteiger partial charge in [-0.25, -0.2) is 0 Å². The molecule has 0 aromatic rings. The number of esters is 1. The molecule has 0 aliphatic carbocycles. The molecule has 3 rings (SSSR count). The molecule has 3 heterocycles. The van der Waals surface area contributed by atoms with Crippen molar-refractivity contribution in [2.45, 2.75) is 82.6 Å². The SMILES string of the molecule is C=CCCOC(=O)[C@@H]1[C@H]2C(=O)N(CCCCO)C(C(=O)N(CC=C)C(C)CCC)C23CC[C@H]1O3. The maximum absolute atomic E-state index is 14.1. The fraction of sp³-hybridized carbons (Fsp3) is 0.731. The van der Waals surface area contributed by atoms with E-state index in [1.807, 2.05) is 6.92 Å². The van der Waals surface area contributed by atoms with E-state index in [1.165, 1.54) is 0 Å². The summed E-state index contributed by atoms with van der Waals surface area (Å²) in [7, 11) is 0. The molecule has 0 saturated carbocycles. The van der Waals surface area contributed by atoms with E-state index in [1.54, 1.807) is 22.0 Å². The molecule has 1 spiro atoms. The molecule has 0 aromatic heterocycles. The lowest BCUT2D eigenvalue weighted by Gasteiger charge is -2.39. The van der Waals surface area contributed by atoms with Gasteiger partial charge in [0.15, 0.2) is 0 Å². The number of carbonyl (C=O) groups is 3. The van der Waals surface area contributed by atoms with E-state index in [0.29, 0.717) is 45.2 Å². The second kappa shape index (κ2) is 11.5. The third-order valence-corrected chi connectivity index (χ3v) is 7.53. The van der Waals surface area contributed by atoms with Gasteiger partial charge in [0.05, 0.1) is 24.5 Å². The smallest absolute Gasteiger partial charge is 0.312 e. The summed E-state index contributed by atoms with van der Waals surface area (Å²) in [5, 5.41) is 9.27. The number of ether oxygens (including phenoxy) is 2. The molecule has 34 heavy (non-hydrogen) atoms. The van der Waals surface area contributed by atoms with Gasteiger partial charge < -0.3 is 24.4 Å². The number of likely N-dealkylation sites (tertiary alicyclic amines) is 1. The molecule has 3 fully saturated rings. The number of nitrogens with zero attached hydrogens (tertiary/aromatic N) is 2. The number of hydrogen-bond acceptors (Lipinski definition) is 6. The van der Waals surface area contributed by atoms with Crippen LogP contribution in [0.3, 0.4) is 0 Å². The second-order valence-electron chi connectivity index (χ2n) is 9.68. The van der Waals surface area contributed by atoms with Crippen LogP contribution in [-0.2, 0) is 23.9 Å². The van der Waals surface area contributed by atoms with E-state index in [2.05, 4.69) is 20.1 Å². The summed E-state index contributed by atoms with van der Waals surface area (Å²) in [6.07, 6.45) is 7.54. The van der Waals surface area contributed by atoms with E-state index in [4.69, 9.17) is 9.47 Å². The Hall–Kier alpha value is -2.19. The summed E-state index contributed by atoms with van der Waals surface area (Å²) in [6, 6.07) is -0.808. The first kappa shape index (κ1) is 26.4. The lowest BCUT2D eigenvalue weighted by molar-refractivity contribution is -0.155. The van der Waals surface area contributed by atoms with Gasteiger partial charge in [-0.05, 0) is 45.4 Å². The number of fused-ring (bicyclic) bond motifs is 1. The van der Waals surface area contributed by atoms with Crippen molar-refractivity contribution < 1.29 is 29.0 Å². The third-order valence-electron chi connectivity index (χ3n) is 7.53. The molecule has 6 atom stereocenters. The average Bonchev–Trinajstić information content (AvgIpc) is 3.45. The summed E-state index contributed by atoms with van der Waals surface area (Å²) in [5.74, 6) is -2.23. The molecule has 8 heteroatoms. The molecule has 1 N–H and O–H groups in total. The largest absolute Gasteiger partial charge is 0.465 e. The van der Waals surface area contributed by atoms with Gasteiger partial charge >= 0.3 is 5.97 Å². The average molecular weight is 477 g/mol. The van der Waals surface area contributed by atoms with Gasteiger partial charge in [0.2, 0.25) is 11.8 Å². The van der Waals surface area contributed by atoms with Crippen molar-refractivity contribution in [3.63, 3.8) is 0 Å². The predicted octanol–water partition coefficient (Wildman–Crippen LogP) is 2.46. The maximum atomic E-state index is 14.1. The Morgan fingerprint density at radius 1 is 1.35 bits per heavy atom. The van der Waals surface area contributed by atoms with Crippen molar-refractivity contribution in [3.05, 3.63) is 25.3 Å². The van der Waals surface area contributed by atoms with Crippen molar-refractivity contribution in [3.8, 4) is 0 Å². The topological polar surface area (TPSA) is 96.4 Å². The van der Waals surface area contributed by atoms with Crippen LogP contribution in [0.4, 0.5) is 0 Å². The maximum Gasteiger partial charge on any atom is 0.312 e. The number of unbranched alkanes of at least 4 members (excludes halogenated alkanes) is 1. The Labute approximate surface area is 202 Å². The van der Waals surface area contributed by atoms with Crippen LogP contribution in [0.15, 0.2) is 25.3 Å². The van der Waals surface area contributed by atoms with Crippen LogP contribution in [0.2, 0.25) is 0 Å². The van der Waals surface area contributed by atoms with Crippen molar-refractivity contribution >= 4 is 17.8 Å². The van der Waals surface area contributed by atoms with Gasteiger partial charge in [0.1, 0.15) is 11.6 Å². The molecule has 2 bridgehead atoms. The highest BCUT2D eigenvalue weighted by Gasteiger charge is 2.75. The Bertz CT molecular complexity index is 785. The fourth-order valence-electron chi connectivity index (χ4n) is 6.03. The van der Waals surface area contributed by atoms with Gasteiger partial charge in [0, 0.05) is 25.7 Å². The third kappa shape index (κ3) is 4.67. The van der Waals surface area contributed by atoms with Crippen LogP contribution in [0, 0.1) is 11.8 Å². The highest BCUT2D eigenvalue weighted by atomic mass is 16.6. The highest BCUT2D eigenvalue weighted by Crippen LogP contribution is 2.58.